The summed E-state index contributed by atoms with van der Waals surface area (Å²) >= 11 is 0. The molecule has 0 bridgehead atoms. The van der Waals surface area contributed by atoms with E-state index in [1.54, 1.807) is 30.3 Å². The Morgan fingerprint density at radius 3 is 1.93 bits per heavy atom. The van der Waals surface area contributed by atoms with E-state index in [0.29, 0.717) is 23.8 Å². The van der Waals surface area contributed by atoms with Gasteiger partial charge in [0, 0.05) is 12.6 Å². The summed E-state index contributed by atoms with van der Waals surface area (Å²) in [7, 11) is 0. The average Bonchev–Trinajstić information content (AvgIpc) is 2.67. The number of halogens is 7. The molecular formula is C21H15F7N2. The van der Waals surface area contributed by atoms with Gasteiger partial charge in [0.1, 0.15) is 5.82 Å². The number of alkyl halides is 6. The zero-order chi connectivity index (χ0) is 22.2. The van der Waals surface area contributed by atoms with Gasteiger partial charge in [-0.25, -0.2) is 4.39 Å². The number of hydrogen-bond acceptors (Lipinski definition) is 2. The Balaban J connectivity index is 2.23. The lowest BCUT2D eigenvalue weighted by molar-refractivity contribution is -0.138. The molecule has 0 radical (unpaired) electrons. The molecule has 0 saturated carbocycles. The lowest BCUT2D eigenvalue weighted by Crippen LogP contribution is -2.41. The molecule has 3 aromatic rings. The molecule has 1 aromatic heterocycles. The molecule has 1 heterocycles. The fraction of sp³-hybridized carbons (Fsp3) is 0.190. The lowest BCUT2D eigenvalue weighted by atomic mass is 9.80. The second-order valence-corrected chi connectivity index (χ2v) is 6.79. The summed E-state index contributed by atoms with van der Waals surface area (Å²) in [6.45, 7) is 0. The molecule has 158 valence electrons. The van der Waals surface area contributed by atoms with Gasteiger partial charge in [-0.2, -0.15) is 26.3 Å². The maximum atomic E-state index is 14.1. The predicted octanol–water partition coefficient (Wildman–Crippen LogP) is 5.70. The zero-order valence-corrected chi connectivity index (χ0v) is 15.2. The third-order valence-electron chi connectivity index (χ3n) is 4.61. The molecule has 3 rings (SSSR count). The van der Waals surface area contributed by atoms with E-state index in [0.717, 1.165) is 18.3 Å². The summed E-state index contributed by atoms with van der Waals surface area (Å²) < 4.78 is 93.3. The van der Waals surface area contributed by atoms with E-state index < -0.39 is 34.8 Å². The highest BCUT2D eigenvalue weighted by Crippen LogP contribution is 2.37. The van der Waals surface area contributed by atoms with Gasteiger partial charge in [-0.1, -0.05) is 30.3 Å². The molecule has 2 aromatic carbocycles. The Morgan fingerprint density at radius 1 is 0.733 bits per heavy atom. The van der Waals surface area contributed by atoms with Gasteiger partial charge in [0.15, 0.2) is 0 Å². The Hall–Kier alpha value is -2.94. The van der Waals surface area contributed by atoms with Crippen molar-refractivity contribution in [3.05, 3.63) is 101 Å². The number of rotatable bonds is 4. The normalized spacial score (nSPS) is 14.4. The first kappa shape index (κ1) is 21.8. The van der Waals surface area contributed by atoms with Crippen molar-refractivity contribution < 1.29 is 30.7 Å². The van der Waals surface area contributed by atoms with Crippen LogP contribution in [0, 0.1) is 5.82 Å². The van der Waals surface area contributed by atoms with Crippen molar-refractivity contribution in [2.24, 2.45) is 5.73 Å². The van der Waals surface area contributed by atoms with Crippen molar-refractivity contribution in [3.63, 3.8) is 0 Å². The molecule has 0 fully saturated rings. The topological polar surface area (TPSA) is 38.9 Å². The molecule has 2 N–H and O–H groups in total. The number of pyridine rings is 1. The number of nitrogens with zero attached hydrogens (tertiary/aromatic N) is 1. The maximum Gasteiger partial charge on any atom is 0.416 e. The van der Waals surface area contributed by atoms with Crippen LogP contribution in [0.15, 0.2) is 66.9 Å². The van der Waals surface area contributed by atoms with Crippen LogP contribution in [0.25, 0.3) is 0 Å². The summed E-state index contributed by atoms with van der Waals surface area (Å²) in [5, 5.41) is 0. The van der Waals surface area contributed by atoms with Crippen LogP contribution in [0.2, 0.25) is 0 Å². The first-order valence-corrected chi connectivity index (χ1v) is 8.64. The molecule has 2 nitrogen and oxygen atoms in total. The first-order valence-electron chi connectivity index (χ1n) is 8.64. The summed E-state index contributed by atoms with van der Waals surface area (Å²) in [6.07, 6.45) is -8.92. The van der Waals surface area contributed by atoms with E-state index in [2.05, 4.69) is 4.98 Å². The van der Waals surface area contributed by atoms with Crippen molar-refractivity contribution in [2.45, 2.75) is 24.3 Å². The van der Waals surface area contributed by atoms with Gasteiger partial charge in [0.2, 0.25) is 0 Å². The van der Waals surface area contributed by atoms with Crippen molar-refractivity contribution in [1.82, 2.24) is 4.98 Å². The molecule has 0 saturated heterocycles. The Labute approximate surface area is 167 Å². The SMILES string of the molecule is NC(Cc1ccccc1)(c1cc(F)cc(C(F)(F)F)c1)c1cc(C(F)(F)F)ccn1. The van der Waals surface area contributed by atoms with Crippen LogP contribution in [-0.4, -0.2) is 4.98 Å². The molecule has 0 amide bonds. The average molecular weight is 428 g/mol. The van der Waals surface area contributed by atoms with Crippen molar-refractivity contribution in [2.75, 3.05) is 0 Å². The first-order chi connectivity index (χ1) is 13.9. The molecule has 0 aliphatic carbocycles. The van der Waals surface area contributed by atoms with E-state index in [-0.39, 0.29) is 17.7 Å². The largest absolute Gasteiger partial charge is 0.416 e. The summed E-state index contributed by atoms with van der Waals surface area (Å²) in [5.74, 6) is -1.21. The third kappa shape index (κ3) is 4.62. The second-order valence-electron chi connectivity index (χ2n) is 6.79. The highest BCUT2D eigenvalue weighted by atomic mass is 19.4. The van der Waals surface area contributed by atoms with E-state index in [9.17, 15) is 30.7 Å². The van der Waals surface area contributed by atoms with Gasteiger partial charge < -0.3 is 5.73 Å². The van der Waals surface area contributed by atoms with Gasteiger partial charge in [-0.15, -0.1) is 0 Å². The van der Waals surface area contributed by atoms with Crippen molar-refractivity contribution in [3.8, 4) is 0 Å². The Kier molecular flexibility index (Phi) is 5.60. The maximum absolute atomic E-state index is 14.1. The molecule has 30 heavy (non-hydrogen) atoms. The molecule has 0 aliphatic rings. The number of nitrogens with two attached hydrogens (primary N) is 1. The van der Waals surface area contributed by atoms with Crippen LogP contribution in [0.5, 0.6) is 0 Å². The van der Waals surface area contributed by atoms with Gasteiger partial charge in [0.25, 0.3) is 0 Å². The zero-order valence-electron chi connectivity index (χ0n) is 15.2. The van der Waals surface area contributed by atoms with Crippen LogP contribution >= 0.6 is 0 Å². The lowest BCUT2D eigenvalue weighted by Gasteiger charge is -2.31. The van der Waals surface area contributed by atoms with E-state index in [1.807, 2.05) is 0 Å². The standard InChI is InChI=1S/C21H15F7N2/c22-17-9-15(8-16(10-17)21(26,27)28)19(29,12-13-4-2-1-3-5-13)18-11-14(6-7-30-18)20(23,24)25/h1-11H,12,29H2. The number of aromatic nitrogens is 1. The molecule has 0 aliphatic heterocycles. The van der Waals surface area contributed by atoms with Crippen LogP contribution in [0.3, 0.4) is 0 Å². The molecule has 1 atom stereocenters. The second kappa shape index (κ2) is 7.71. The number of benzene rings is 2. The minimum Gasteiger partial charge on any atom is -0.316 e. The van der Waals surface area contributed by atoms with Gasteiger partial charge in [0.05, 0.1) is 22.4 Å². The van der Waals surface area contributed by atoms with E-state index >= 15 is 0 Å². The van der Waals surface area contributed by atoms with Gasteiger partial charge >= 0.3 is 12.4 Å². The van der Waals surface area contributed by atoms with Crippen LogP contribution in [0.4, 0.5) is 30.7 Å². The molecular weight excluding hydrogens is 413 g/mol. The summed E-state index contributed by atoms with van der Waals surface area (Å²) in [4.78, 5) is 3.89. The minimum absolute atomic E-state index is 0.205. The fourth-order valence-corrected chi connectivity index (χ4v) is 3.12. The smallest absolute Gasteiger partial charge is 0.316 e. The van der Waals surface area contributed by atoms with Crippen LogP contribution < -0.4 is 5.73 Å². The highest BCUT2D eigenvalue weighted by molar-refractivity contribution is 5.41. The fourth-order valence-electron chi connectivity index (χ4n) is 3.12. The minimum atomic E-state index is -4.87. The predicted molar refractivity (Wildman–Crippen MR) is 95.8 cm³/mol. The summed E-state index contributed by atoms with van der Waals surface area (Å²) in [6, 6.07) is 11.3. The Morgan fingerprint density at radius 2 is 1.33 bits per heavy atom. The molecule has 0 spiro atoms. The van der Waals surface area contributed by atoms with Crippen molar-refractivity contribution >= 4 is 0 Å². The van der Waals surface area contributed by atoms with Crippen molar-refractivity contribution in [1.29, 1.82) is 0 Å². The highest BCUT2D eigenvalue weighted by Gasteiger charge is 2.39. The third-order valence-corrected chi connectivity index (χ3v) is 4.61. The molecule has 9 heteroatoms. The summed E-state index contributed by atoms with van der Waals surface area (Å²) in [5.41, 5.74) is 1.93. The van der Waals surface area contributed by atoms with Crippen LogP contribution in [-0.2, 0) is 24.3 Å². The van der Waals surface area contributed by atoms with Gasteiger partial charge in [-0.05, 0) is 41.5 Å². The number of hydrogen-bond donors (Lipinski definition) is 1. The molecule has 1 unspecified atom stereocenters. The quantitative estimate of drug-likeness (QED) is 0.542. The van der Waals surface area contributed by atoms with Crippen LogP contribution in [0.1, 0.15) is 27.9 Å². The van der Waals surface area contributed by atoms with E-state index in [1.165, 1.54) is 0 Å². The Bertz CT molecular complexity index is 1030. The monoisotopic (exact) mass is 428 g/mol. The van der Waals surface area contributed by atoms with Gasteiger partial charge in [-0.3, -0.25) is 4.98 Å². The van der Waals surface area contributed by atoms with E-state index in [4.69, 9.17) is 5.73 Å².